The van der Waals surface area contributed by atoms with E-state index in [2.05, 4.69) is 56.0 Å². The van der Waals surface area contributed by atoms with Crippen LogP contribution in [0.1, 0.15) is 172 Å². The second-order valence-electron chi connectivity index (χ2n) is 24.3. The molecule has 0 aliphatic heterocycles. The quantitative estimate of drug-likeness (QED) is 0.102. The minimum Gasteiger partial charge on any atom is -1.00 e. The minimum absolute atomic E-state index is 0. The van der Waals surface area contributed by atoms with Gasteiger partial charge in [0.05, 0.1) is 59.8 Å². The number of aromatic nitrogens is 4. The van der Waals surface area contributed by atoms with E-state index in [0.29, 0.717) is 63.7 Å². The normalized spacial score (nSPS) is 40.1. The summed E-state index contributed by atoms with van der Waals surface area (Å²) in [6.45, 7) is 10.6. The van der Waals surface area contributed by atoms with E-state index < -0.39 is 11.2 Å². The molecule has 15 nitrogen and oxygen atoms in total. The van der Waals surface area contributed by atoms with Gasteiger partial charge in [0, 0.05) is 47.4 Å². The number of nitrogens with zero attached hydrogens (tertiary/aromatic N) is 5. The van der Waals surface area contributed by atoms with Gasteiger partial charge in [-0.15, -0.1) is 0 Å². The molecule has 2 aromatic rings. The van der Waals surface area contributed by atoms with E-state index >= 15 is 0 Å². The predicted molar refractivity (Wildman–Crippen MR) is 279 cm³/mol. The Morgan fingerprint density at radius 3 is 1.64 bits per heavy atom. The van der Waals surface area contributed by atoms with Crippen LogP contribution in [0.5, 0.6) is 0 Å². The van der Waals surface area contributed by atoms with Gasteiger partial charge in [0.15, 0.2) is 5.78 Å². The van der Waals surface area contributed by atoms with Crippen molar-refractivity contribution in [2.75, 3.05) is 32.8 Å². The second kappa shape index (κ2) is 28.0. The maximum absolute atomic E-state index is 13.4. The van der Waals surface area contributed by atoms with Crippen molar-refractivity contribution in [3.63, 3.8) is 0 Å². The molecule has 2 heterocycles. The molecule has 2 aromatic heterocycles. The van der Waals surface area contributed by atoms with Crippen molar-refractivity contribution in [1.82, 2.24) is 20.0 Å². The fourth-order valence-electron chi connectivity index (χ4n) is 17.8. The van der Waals surface area contributed by atoms with Gasteiger partial charge >= 0.3 is 103 Å². The van der Waals surface area contributed by atoms with Crippen LogP contribution in [0, 0.1) is 104 Å². The Hall–Kier alpha value is -0.237. The van der Waals surface area contributed by atoms with Gasteiger partial charge in [0.25, 0.3) is 6.47 Å². The fourth-order valence-corrected chi connectivity index (χ4v) is 18.2. The Kier molecular flexibility index (Phi) is 23.2. The molecule has 8 aliphatic carbocycles. The summed E-state index contributed by atoms with van der Waals surface area (Å²) < 4.78 is 43.3. The topological polar surface area (TPSA) is 236 Å². The smallest absolute Gasteiger partial charge is 1.00 e. The van der Waals surface area contributed by atoms with Crippen molar-refractivity contribution in [1.29, 1.82) is 10.5 Å². The number of aliphatic hydroxyl groups is 2. The SMILES string of the molecule is C.COC[C@]12CC[C@@](C)(O)C[C@H]1CC[C@H]1[C@@H]3CC[C@H](C(=O)CBr)[C@@]3(C)CC[C@@H]12.COC[C@]12CC[C@@](C)(O)C[C@H]1CC[C@H]1[C@@H]3CC[C@H](C(=O)Cn4cc(C#N)cn4)[C@@]3(C)CC[C@@H]12.N#Cc1cn[nH]c1.O=CO[O-].[2H][2H].[2H][2H].[2H][2H].[H-].[K+].[K+]. The Morgan fingerprint density at radius 1 is 0.784 bits per heavy atom. The number of ether oxygens (including phenoxy) is 2. The van der Waals surface area contributed by atoms with E-state index in [-0.39, 0.29) is 164 Å². The molecule has 0 radical (unpaired) electrons. The number of hydrogen-bond acceptors (Lipinski definition) is 13. The zero-order valence-corrected chi connectivity index (χ0v) is 52.9. The summed E-state index contributed by atoms with van der Waals surface area (Å²) in [5.74, 6) is 6.22. The van der Waals surface area contributed by atoms with Crippen LogP contribution < -0.4 is 108 Å². The van der Waals surface area contributed by atoms with Crippen LogP contribution in [0.3, 0.4) is 0 Å². The van der Waals surface area contributed by atoms with E-state index in [1.807, 2.05) is 34.1 Å². The number of halogens is 1. The Balaban J connectivity index is 0.00000120. The summed E-state index contributed by atoms with van der Waals surface area (Å²) in [5.41, 5.74) is 0.730. The van der Waals surface area contributed by atoms with Gasteiger partial charge in [-0.2, -0.15) is 20.7 Å². The van der Waals surface area contributed by atoms with Crippen LogP contribution in [0.2, 0.25) is 0 Å². The monoisotopic (exact) mass is 1150 g/mol. The summed E-state index contributed by atoms with van der Waals surface area (Å²) in [5, 5.41) is 57.9. The number of nitrogens with one attached hydrogen (secondary N) is 1. The molecule has 0 aromatic carbocycles. The van der Waals surface area contributed by atoms with Gasteiger partial charge in [0.1, 0.15) is 17.9 Å². The van der Waals surface area contributed by atoms with Gasteiger partial charge in [-0.1, -0.05) is 37.2 Å². The van der Waals surface area contributed by atoms with Crippen LogP contribution in [0.4, 0.5) is 0 Å². The van der Waals surface area contributed by atoms with Gasteiger partial charge < -0.3 is 31.3 Å². The average molecular weight is 1160 g/mol. The summed E-state index contributed by atoms with van der Waals surface area (Å²) >= 11 is 3.43. The Bertz CT molecular complexity index is 2270. The maximum Gasteiger partial charge on any atom is 1.00 e. The molecule has 0 bridgehead atoms. The summed E-state index contributed by atoms with van der Waals surface area (Å²) in [6, 6.07) is 4.01. The van der Waals surface area contributed by atoms with Crippen molar-refractivity contribution >= 4 is 34.0 Å². The van der Waals surface area contributed by atoms with E-state index in [9.17, 15) is 19.8 Å². The number of rotatable bonds is 10. The van der Waals surface area contributed by atoms with Crippen molar-refractivity contribution in [3.8, 4) is 12.1 Å². The van der Waals surface area contributed by atoms with Gasteiger partial charge in [-0.25, -0.2) is 0 Å². The number of H-pyrrole nitrogens is 1. The number of hydrogen-bond donors (Lipinski definition) is 3. The van der Waals surface area contributed by atoms with Crippen LogP contribution in [0.15, 0.2) is 24.8 Å². The molecule has 10 rings (SSSR count). The largest absolute Gasteiger partial charge is 1.00 e. The number of alkyl halides is 1. The summed E-state index contributed by atoms with van der Waals surface area (Å²) in [7, 11) is 3.70. The molecule has 3 N–H and O–H groups in total. The number of carbonyl (C=O) groups excluding carboxylic acids is 3. The number of Topliss-reactive ketones (excluding diaryl/α,β-unsaturated/α-hetero) is 2. The number of aromatic amines is 1. The summed E-state index contributed by atoms with van der Waals surface area (Å²) in [6.07, 6.45) is 26.1. The minimum atomic E-state index is -0.541. The zero-order valence-electron chi connectivity index (χ0n) is 52.1. The first-order valence-corrected chi connectivity index (χ1v) is 27.5. The molecule has 18 heteroatoms. The van der Waals surface area contributed by atoms with Crippen molar-refractivity contribution in [3.05, 3.63) is 35.9 Å². The molecular weight excluding hydrogens is 1060 g/mol. The molecule has 0 spiro atoms. The molecule has 0 saturated heterocycles. The number of fused-ring (bicyclic) bond motifs is 10. The van der Waals surface area contributed by atoms with Crippen LogP contribution in [-0.4, -0.2) is 92.2 Å². The number of ketones is 2. The molecule has 74 heavy (non-hydrogen) atoms. The standard InChI is InChI=1S/C27H39N3O3.C23H37BrO3.C4H3N3.CH2O3.CH4.2K.3H2.H/c1-25(32)10-11-27(17-33-3)19(12-25)4-5-20-21-6-7-23(26(21,2)9-8-22(20)27)24(31)16-30-15-18(13-28)14-29-30;1-21(26)10-11-23(14-27-3)15(12-21)4-5-16-17-6-7-19(20(25)13-24)22(17,2)9-8-18(16)23;5-1-4-2-6-7-3-4;2-1-4-3;;;;;;;/h14-15,19-23,32H,4-12,16-17H2,1-3H3;15-19,26H,4-14H2,1-3H3;2-3H,(H,6,7);1,3H;1H4;;;3*1H;/q;;;;;2*+1;;;;-1/p-1/t19-,20+,21+,22+,23-,25-,26+,27-;15-,16+,17+,18+,19-,21-,22+,23-;;;;;;;;;/m11........./s1/i;;;;;;;3*1+1D;. The number of carbonyl (C=O) groups is 3. The molecule has 8 aliphatic rings. The molecule has 408 valence electrons. The zero-order chi connectivity index (χ0) is 57.4. The van der Waals surface area contributed by atoms with Crippen LogP contribution in [-0.2, 0) is 35.3 Å². The van der Waals surface area contributed by atoms with Crippen molar-refractivity contribution in [2.45, 2.75) is 168 Å². The van der Waals surface area contributed by atoms with Gasteiger partial charge in [0.2, 0.25) is 0 Å². The maximum atomic E-state index is 13.4. The molecule has 8 saturated carbocycles. The predicted octanol–water partition coefficient (Wildman–Crippen LogP) is 3.56. The Labute approximate surface area is 545 Å². The second-order valence-corrected chi connectivity index (χ2v) is 24.8. The molecule has 0 amide bonds. The average Bonchev–Trinajstić information content (AvgIpc) is 4.27. The molecule has 16 atom stereocenters. The van der Waals surface area contributed by atoms with E-state index in [4.69, 9.17) is 39.0 Å². The molecular formula is C56H91BrK2N6O9. The van der Waals surface area contributed by atoms with Crippen LogP contribution >= 0.6 is 15.9 Å². The van der Waals surface area contributed by atoms with Gasteiger partial charge in [-0.3, -0.25) is 24.2 Å². The fraction of sp³-hybridized carbons (Fsp3) is 0.804. The molecule has 0 unspecified atom stereocenters. The van der Waals surface area contributed by atoms with E-state index in [1.54, 1.807) is 17.1 Å². The number of methoxy groups -OCH3 is 2. The third-order valence-electron chi connectivity index (χ3n) is 20.8. The summed E-state index contributed by atoms with van der Waals surface area (Å²) in [4.78, 5) is 37.3. The third-order valence-corrected chi connectivity index (χ3v) is 21.3. The first-order valence-electron chi connectivity index (χ1n) is 29.4. The van der Waals surface area contributed by atoms with E-state index in [1.165, 1.54) is 63.8 Å². The molecule has 8 fully saturated rings. The van der Waals surface area contributed by atoms with Crippen molar-refractivity contribution in [2.24, 2.45) is 80.8 Å². The van der Waals surface area contributed by atoms with Gasteiger partial charge in [-0.05, 0) is 198 Å². The third kappa shape index (κ3) is 13.6. The Morgan fingerprint density at radius 2 is 1.26 bits per heavy atom. The first kappa shape index (κ1) is 61.4. The van der Waals surface area contributed by atoms with Crippen molar-refractivity contribution < 1.29 is 157 Å². The first-order chi connectivity index (χ1) is 36.8. The number of nitriles is 2. The van der Waals surface area contributed by atoms with E-state index in [0.717, 1.165) is 83.3 Å². The van der Waals surface area contributed by atoms with Crippen LogP contribution in [0.25, 0.3) is 0 Å².